The number of nitrogens with one attached hydrogen (secondary N) is 1. The van der Waals surface area contributed by atoms with E-state index >= 15 is 0 Å². The zero-order chi connectivity index (χ0) is 20.8. The van der Waals surface area contributed by atoms with Crippen molar-refractivity contribution in [3.8, 4) is 5.75 Å². The Kier molecular flexibility index (Phi) is 7.04. The summed E-state index contributed by atoms with van der Waals surface area (Å²) in [6.45, 7) is 8.52. The summed E-state index contributed by atoms with van der Waals surface area (Å²) in [7, 11) is 0. The van der Waals surface area contributed by atoms with Crippen LogP contribution in [0.5, 0.6) is 5.75 Å². The van der Waals surface area contributed by atoms with Crippen molar-refractivity contribution in [2.45, 2.75) is 46.2 Å². The van der Waals surface area contributed by atoms with E-state index in [2.05, 4.69) is 24.1 Å². The standard InChI is InChI=1S/C22H28FN3O3/c1-4-5-19-21(29-22(27)24-13-17-6-8-18(23)9-7-17)15(2)12-20(25-19)26-10-11-28-14-16(26)3/h6-9,12,16H,4-5,10-11,13-14H2,1-3H3,(H,24,27)/t16-/m1/s1. The number of carbonyl (C=O) groups is 1. The fourth-order valence-electron chi connectivity index (χ4n) is 3.37. The van der Waals surface area contributed by atoms with Gasteiger partial charge in [-0.25, -0.2) is 14.2 Å². The minimum Gasteiger partial charge on any atom is -0.408 e. The molecule has 1 aromatic carbocycles. The van der Waals surface area contributed by atoms with Crippen LogP contribution in [0.3, 0.4) is 0 Å². The van der Waals surface area contributed by atoms with E-state index < -0.39 is 6.09 Å². The molecule has 6 nitrogen and oxygen atoms in total. The van der Waals surface area contributed by atoms with E-state index in [0.29, 0.717) is 25.4 Å². The molecule has 0 saturated carbocycles. The van der Waals surface area contributed by atoms with Crippen molar-refractivity contribution >= 4 is 11.9 Å². The molecule has 0 radical (unpaired) electrons. The van der Waals surface area contributed by atoms with Crippen molar-refractivity contribution in [2.75, 3.05) is 24.7 Å². The lowest BCUT2D eigenvalue weighted by Crippen LogP contribution is -2.44. The smallest absolute Gasteiger partial charge is 0.408 e. The Morgan fingerprint density at radius 2 is 2.14 bits per heavy atom. The van der Waals surface area contributed by atoms with Gasteiger partial charge in [0, 0.05) is 13.1 Å². The van der Waals surface area contributed by atoms with Gasteiger partial charge >= 0.3 is 6.09 Å². The van der Waals surface area contributed by atoms with Gasteiger partial charge in [0.05, 0.1) is 24.9 Å². The maximum Gasteiger partial charge on any atom is 0.412 e. The normalized spacial score (nSPS) is 16.6. The summed E-state index contributed by atoms with van der Waals surface area (Å²) >= 11 is 0. The van der Waals surface area contributed by atoms with Gasteiger partial charge in [0.2, 0.25) is 0 Å². The van der Waals surface area contributed by atoms with Crippen molar-refractivity contribution in [1.29, 1.82) is 0 Å². The van der Waals surface area contributed by atoms with E-state index in [-0.39, 0.29) is 18.4 Å². The number of morpholine rings is 1. The van der Waals surface area contributed by atoms with Crippen molar-refractivity contribution < 1.29 is 18.7 Å². The highest BCUT2D eigenvalue weighted by molar-refractivity contribution is 5.71. The third kappa shape index (κ3) is 5.44. The van der Waals surface area contributed by atoms with E-state index in [4.69, 9.17) is 14.5 Å². The van der Waals surface area contributed by atoms with Crippen molar-refractivity contribution in [1.82, 2.24) is 10.3 Å². The second-order valence-electron chi connectivity index (χ2n) is 7.31. The van der Waals surface area contributed by atoms with Crippen LogP contribution in [0.2, 0.25) is 0 Å². The first-order valence-corrected chi connectivity index (χ1v) is 10.0. The first-order valence-electron chi connectivity index (χ1n) is 10.0. The monoisotopic (exact) mass is 401 g/mol. The number of hydrogen-bond donors (Lipinski definition) is 1. The Balaban J connectivity index is 1.73. The molecule has 1 atom stereocenters. The molecule has 2 aromatic rings. The fourth-order valence-corrected chi connectivity index (χ4v) is 3.37. The molecule has 0 spiro atoms. The van der Waals surface area contributed by atoms with Gasteiger partial charge in [-0.3, -0.25) is 0 Å². The first-order chi connectivity index (χ1) is 14.0. The molecule has 0 bridgehead atoms. The van der Waals surface area contributed by atoms with E-state index in [1.165, 1.54) is 12.1 Å². The van der Waals surface area contributed by atoms with Crippen LogP contribution < -0.4 is 15.0 Å². The average molecular weight is 401 g/mol. The second kappa shape index (κ2) is 9.69. The van der Waals surface area contributed by atoms with E-state index in [0.717, 1.165) is 35.6 Å². The Hall–Kier alpha value is -2.67. The van der Waals surface area contributed by atoms with Gasteiger partial charge in [-0.1, -0.05) is 25.5 Å². The quantitative estimate of drug-likeness (QED) is 0.793. The van der Waals surface area contributed by atoms with Crippen LogP contribution in [0.4, 0.5) is 15.0 Å². The van der Waals surface area contributed by atoms with Gasteiger partial charge in [-0.2, -0.15) is 0 Å². The van der Waals surface area contributed by atoms with Gasteiger partial charge in [0.15, 0.2) is 5.75 Å². The molecule has 3 rings (SSSR count). The summed E-state index contributed by atoms with van der Waals surface area (Å²) in [6, 6.07) is 8.19. The van der Waals surface area contributed by atoms with Crippen molar-refractivity contribution in [2.24, 2.45) is 0 Å². The maximum atomic E-state index is 13.0. The molecule has 0 aliphatic carbocycles. The SMILES string of the molecule is CCCc1nc(N2CCOC[C@H]2C)cc(C)c1OC(=O)NCc1ccc(F)cc1. The highest BCUT2D eigenvalue weighted by Crippen LogP contribution is 2.29. The minimum atomic E-state index is -0.552. The largest absolute Gasteiger partial charge is 0.412 e. The topological polar surface area (TPSA) is 63.7 Å². The summed E-state index contributed by atoms with van der Waals surface area (Å²) in [4.78, 5) is 19.4. The number of halogens is 1. The van der Waals surface area contributed by atoms with Crippen molar-refractivity contribution in [3.05, 3.63) is 53.0 Å². The van der Waals surface area contributed by atoms with Crippen LogP contribution in [-0.4, -0.2) is 36.9 Å². The number of ether oxygens (including phenoxy) is 2. The number of nitrogens with zero attached hydrogens (tertiary/aromatic N) is 2. The highest BCUT2D eigenvalue weighted by Gasteiger charge is 2.23. The van der Waals surface area contributed by atoms with Crippen LogP contribution >= 0.6 is 0 Å². The molecule has 1 saturated heterocycles. The molecule has 156 valence electrons. The number of anilines is 1. The molecule has 1 aliphatic heterocycles. The molecule has 1 N–H and O–H groups in total. The first kappa shape index (κ1) is 21.0. The van der Waals surface area contributed by atoms with Gasteiger partial charge in [-0.15, -0.1) is 0 Å². The van der Waals surface area contributed by atoms with Crippen molar-refractivity contribution in [3.63, 3.8) is 0 Å². The molecule has 2 heterocycles. The molecule has 1 amide bonds. The highest BCUT2D eigenvalue weighted by atomic mass is 19.1. The summed E-state index contributed by atoms with van der Waals surface area (Å²) in [5, 5.41) is 2.71. The summed E-state index contributed by atoms with van der Waals surface area (Å²) < 4.78 is 24.1. The number of aryl methyl sites for hydroxylation is 2. The van der Waals surface area contributed by atoms with Gasteiger partial charge < -0.3 is 19.7 Å². The van der Waals surface area contributed by atoms with Gasteiger partial charge in [0.1, 0.15) is 11.6 Å². The van der Waals surface area contributed by atoms with Gasteiger partial charge in [0.25, 0.3) is 0 Å². The Labute approximate surface area is 171 Å². The van der Waals surface area contributed by atoms with Crippen LogP contribution in [0.25, 0.3) is 0 Å². The van der Waals surface area contributed by atoms with Crippen LogP contribution in [0, 0.1) is 12.7 Å². The molecule has 7 heteroatoms. The van der Waals surface area contributed by atoms with Gasteiger partial charge in [-0.05, 0) is 49.6 Å². The predicted molar refractivity (Wildman–Crippen MR) is 110 cm³/mol. The third-order valence-corrected chi connectivity index (χ3v) is 4.91. The number of carbonyl (C=O) groups excluding carboxylic acids is 1. The van der Waals surface area contributed by atoms with Crippen LogP contribution in [-0.2, 0) is 17.7 Å². The minimum absolute atomic E-state index is 0.246. The lowest BCUT2D eigenvalue weighted by molar-refractivity contribution is 0.0985. The Bertz CT molecular complexity index is 842. The lowest BCUT2D eigenvalue weighted by Gasteiger charge is -2.34. The zero-order valence-corrected chi connectivity index (χ0v) is 17.2. The fraction of sp³-hybridized carbons (Fsp3) is 0.455. The molecule has 0 unspecified atom stereocenters. The summed E-state index contributed by atoms with van der Waals surface area (Å²) in [6.07, 6.45) is 1.06. The molecule has 1 aromatic heterocycles. The average Bonchev–Trinajstić information content (AvgIpc) is 2.70. The lowest BCUT2D eigenvalue weighted by atomic mass is 10.1. The molecule has 1 fully saturated rings. The molecular weight excluding hydrogens is 373 g/mol. The molecule has 1 aliphatic rings. The zero-order valence-electron chi connectivity index (χ0n) is 17.2. The number of pyridine rings is 1. The third-order valence-electron chi connectivity index (χ3n) is 4.91. The number of amides is 1. The Morgan fingerprint density at radius 3 is 2.83 bits per heavy atom. The second-order valence-corrected chi connectivity index (χ2v) is 7.31. The molecule has 29 heavy (non-hydrogen) atoms. The maximum absolute atomic E-state index is 13.0. The van der Waals surface area contributed by atoms with E-state index in [1.54, 1.807) is 12.1 Å². The van der Waals surface area contributed by atoms with E-state index in [1.807, 2.05) is 13.0 Å². The van der Waals surface area contributed by atoms with Crippen LogP contribution in [0.1, 0.15) is 37.1 Å². The number of rotatable bonds is 6. The summed E-state index contributed by atoms with van der Waals surface area (Å²) in [5.74, 6) is 1.09. The number of benzene rings is 1. The Morgan fingerprint density at radius 1 is 1.38 bits per heavy atom. The molecular formula is C22H28FN3O3. The number of hydrogen-bond acceptors (Lipinski definition) is 5. The van der Waals surface area contributed by atoms with Crippen LogP contribution in [0.15, 0.2) is 30.3 Å². The predicted octanol–water partition coefficient (Wildman–Crippen LogP) is 4.00. The van der Waals surface area contributed by atoms with E-state index in [9.17, 15) is 9.18 Å². The number of aromatic nitrogens is 1. The summed E-state index contributed by atoms with van der Waals surface area (Å²) in [5.41, 5.74) is 2.44.